The lowest BCUT2D eigenvalue weighted by atomic mass is 10.1. The highest BCUT2D eigenvalue weighted by molar-refractivity contribution is 5.80. The highest BCUT2D eigenvalue weighted by atomic mass is 16.5. The normalized spacial score (nSPS) is 22.5. The molecule has 3 rings (SSSR count). The van der Waals surface area contributed by atoms with Crippen LogP contribution in [0.1, 0.15) is 57.8 Å². The zero-order valence-corrected chi connectivity index (χ0v) is 19.0. The summed E-state index contributed by atoms with van der Waals surface area (Å²) in [6, 6.07) is 4.22. The van der Waals surface area contributed by atoms with Gasteiger partial charge in [0.1, 0.15) is 5.76 Å². The van der Waals surface area contributed by atoms with Crippen LogP contribution in [0.25, 0.3) is 0 Å². The Hall–Kier alpha value is -1.57. The van der Waals surface area contributed by atoms with Gasteiger partial charge in [0.15, 0.2) is 5.96 Å². The molecule has 0 aliphatic carbocycles. The number of hydrogen-bond acceptors (Lipinski definition) is 5. The van der Waals surface area contributed by atoms with Crippen LogP contribution in [0, 0.1) is 0 Å². The van der Waals surface area contributed by atoms with Crippen molar-refractivity contribution in [2.45, 2.75) is 64.2 Å². The summed E-state index contributed by atoms with van der Waals surface area (Å²) in [6.45, 7) is 10.7. The predicted molar refractivity (Wildman–Crippen MR) is 120 cm³/mol. The Labute approximate surface area is 181 Å². The van der Waals surface area contributed by atoms with Crippen molar-refractivity contribution >= 4 is 5.96 Å². The van der Waals surface area contributed by atoms with E-state index in [-0.39, 0.29) is 6.04 Å². The molecule has 170 valence electrons. The van der Waals surface area contributed by atoms with Gasteiger partial charge in [0.25, 0.3) is 0 Å². The summed E-state index contributed by atoms with van der Waals surface area (Å²) < 4.78 is 17.7. The molecular weight excluding hydrogens is 380 g/mol. The van der Waals surface area contributed by atoms with E-state index < -0.39 is 0 Å². The molecule has 7 nitrogen and oxygen atoms in total. The number of furan rings is 1. The van der Waals surface area contributed by atoms with Gasteiger partial charge in [-0.1, -0.05) is 13.8 Å². The summed E-state index contributed by atoms with van der Waals surface area (Å²) in [5.41, 5.74) is 0. The van der Waals surface area contributed by atoms with Crippen LogP contribution in [-0.4, -0.2) is 81.0 Å². The van der Waals surface area contributed by atoms with E-state index in [1.54, 1.807) is 6.26 Å². The highest BCUT2D eigenvalue weighted by Gasteiger charge is 2.26. The monoisotopic (exact) mass is 420 g/mol. The van der Waals surface area contributed by atoms with Gasteiger partial charge in [-0.25, -0.2) is 0 Å². The van der Waals surface area contributed by atoms with E-state index in [1.165, 1.54) is 12.8 Å². The maximum Gasteiger partial charge on any atom is 0.193 e. The first kappa shape index (κ1) is 23.1. The lowest BCUT2D eigenvalue weighted by molar-refractivity contribution is -0.0721. The Morgan fingerprint density at radius 3 is 2.67 bits per heavy atom. The topological polar surface area (TPSA) is 62.5 Å². The fraction of sp³-hybridized carbons (Fsp3) is 0.783. The van der Waals surface area contributed by atoms with Gasteiger partial charge in [-0.2, -0.15) is 0 Å². The second kappa shape index (κ2) is 12.3. The molecule has 2 aliphatic rings. The third-order valence-electron chi connectivity index (χ3n) is 6.32. The van der Waals surface area contributed by atoms with Gasteiger partial charge < -0.3 is 24.1 Å². The van der Waals surface area contributed by atoms with Crippen LogP contribution in [0.2, 0.25) is 0 Å². The van der Waals surface area contributed by atoms with Crippen molar-refractivity contribution in [1.29, 1.82) is 0 Å². The van der Waals surface area contributed by atoms with Crippen LogP contribution >= 0.6 is 0 Å². The zero-order chi connectivity index (χ0) is 21.2. The van der Waals surface area contributed by atoms with Crippen molar-refractivity contribution in [2.24, 2.45) is 4.99 Å². The quantitative estimate of drug-likeness (QED) is 0.489. The first-order valence-corrected chi connectivity index (χ1v) is 11.7. The molecule has 0 bridgehead atoms. The lowest BCUT2D eigenvalue weighted by Crippen LogP contribution is -2.49. The van der Waals surface area contributed by atoms with Gasteiger partial charge in [0.05, 0.1) is 31.1 Å². The van der Waals surface area contributed by atoms with Crippen LogP contribution in [0.3, 0.4) is 0 Å². The van der Waals surface area contributed by atoms with Crippen LogP contribution in [-0.2, 0) is 9.47 Å². The van der Waals surface area contributed by atoms with Crippen molar-refractivity contribution in [2.75, 3.05) is 53.0 Å². The third-order valence-corrected chi connectivity index (χ3v) is 6.32. The molecule has 2 saturated heterocycles. The van der Waals surface area contributed by atoms with Crippen LogP contribution < -0.4 is 5.32 Å². The summed E-state index contributed by atoms with van der Waals surface area (Å²) in [5, 5.41) is 3.59. The Kier molecular flexibility index (Phi) is 9.49. The fourth-order valence-electron chi connectivity index (χ4n) is 4.49. The van der Waals surface area contributed by atoms with Crippen LogP contribution in [0.4, 0.5) is 0 Å². The molecule has 2 aliphatic heterocycles. The van der Waals surface area contributed by atoms with Crippen molar-refractivity contribution in [3.63, 3.8) is 0 Å². The molecule has 30 heavy (non-hydrogen) atoms. The number of aliphatic imine (C=N–C) groups is 1. The van der Waals surface area contributed by atoms with Crippen LogP contribution in [0.15, 0.2) is 27.8 Å². The Balaban J connectivity index is 1.45. The third kappa shape index (κ3) is 6.46. The summed E-state index contributed by atoms with van der Waals surface area (Å²) in [7, 11) is 1.87. The Morgan fingerprint density at radius 2 is 2.07 bits per heavy atom. The smallest absolute Gasteiger partial charge is 0.193 e. The van der Waals surface area contributed by atoms with Gasteiger partial charge in [-0.15, -0.1) is 0 Å². The second-order valence-corrected chi connectivity index (χ2v) is 8.19. The zero-order valence-electron chi connectivity index (χ0n) is 19.0. The number of likely N-dealkylation sites (N-methyl/N-ethyl adjacent to an activating group) is 1. The largest absolute Gasteiger partial charge is 0.468 e. The summed E-state index contributed by atoms with van der Waals surface area (Å²) >= 11 is 0. The van der Waals surface area contributed by atoms with Crippen molar-refractivity contribution in [3.05, 3.63) is 24.2 Å². The summed E-state index contributed by atoms with van der Waals surface area (Å²) in [5.74, 6) is 1.96. The molecule has 1 aromatic rings. The number of likely N-dealkylation sites (tertiary alicyclic amines) is 1. The maximum absolute atomic E-state index is 6.16. The predicted octanol–water partition coefficient (Wildman–Crippen LogP) is 3.29. The van der Waals surface area contributed by atoms with E-state index in [4.69, 9.17) is 13.9 Å². The molecule has 2 fully saturated rings. The molecule has 2 atom stereocenters. The second-order valence-electron chi connectivity index (χ2n) is 8.19. The average Bonchev–Trinajstić information content (AvgIpc) is 3.33. The summed E-state index contributed by atoms with van der Waals surface area (Å²) in [6.07, 6.45) is 8.04. The SMILES string of the molecule is CCN(CC)C(CNC(=NC)N1CCC(OCC2CCCCO2)CC1)c1ccco1. The average molecular weight is 421 g/mol. The van der Waals surface area contributed by atoms with Crippen LogP contribution in [0.5, 0.6) is 0 Å². The minimum atomic E-state index is 0.197. The van der Waals surface area contributed by atoms with E-state index in [1.807, 2.05) is 13.1 Å². The first-order valence-electron chi connectivity index (χ1n) is 11.7. The van der Waals surface area contributed by atoms with E-state index in [0.29, 0.717) is 12.2 Å². The molecule has 2 unspecified atom stereocenters. The first-order chi connectivity index (χ1) is 14.7. The highest BCUT2D eigenvalue weighted by Crippen LogP contribution is 2.21. The standard InChI is InChI=1S/C23H40N4O3/c1-4-26(5-2)21(22-10-8-16-29-22)17-25-23(24-3)27-13-11-19(12-14-27)30-18-20-9-6-7-15-28-20/h8,10,16,19-21H,4-7,9,11-15,17-18H2,1-3H3,(H,24,25). The van der Waals surface area contributed by atoms with Gasteiger partial charge in [0.2, 0.25) is 0 Å². The minimum Gasteiger partial charge on any atom is -0.468 e. The molecule has 0 radical (unpaired) electrons. The minimum absolute atomic E-state index is 0.197. The Morgan fingerprint density at radius 1 is 1.27 bits per heavy atom. The number of guanidine groups is 1. The van der Waals surface area contributed by atoms with Crippen molar-refractivity contribution < 1.29 is 13.9 Å². The van der Waals surface area contributed by atoms with E-state index in [9.17, 15) is 0 Å². The summed E-state index contributed by atoms with van der Waals surface area (Å²) in [4.78, 5) is 9.30. The Bertz CT molecular complexity index is 604. The van der Waals surface area contributed by atoms with Gasteiger partial charge in [0, 0.05) is 33.3 Å². The molecule has 3 heterocycles. The van der Waals surface area contributed by atoms with Gasteiger partial charge >= 0.3 is 0 Å². The maximum atomic E-state index is 6.16. The molecule has 1 N–H and O–H groups in total. The molecule has 0 amide bonds. The molecule has 7 heteroatoms. The number of nitrogens with zero attached hydrogens (tertiary/aromatic N) is 3. The van der Waals surface area contributed by atoms with E-state index in [0.717, 1.165) is 76.9 Å². The molecule has 0 aromatic carbocycles. The number of rotatable bonds is 9. The molecule has 0 spiro atoms. The van der Waals surface area contributed by atoms with Gasteiger partial charge in [-0.05, 0) is 57.3 Å². The number of hydrogen-bond donors (Lipinski definition) is 1. The fourth-order valence-corrected chi connectivity index (χ4v) is 4.49. The van der Waals surface area contributed by atoms with Crippen molar-refractivity contribution in [1.82, 2.24) is 15.1 Å². The molecule has 0 saturated carbocycles. The van der Waals surface area contributed by atoms with E-state index >= 15 is 0 Å². The lowest BCUT2D eigenvalue weighted by Gasteiger charge is -2.36. The van der Waals surface area contributed by atoms with Crippen molar-refractivity contribution in [3.8, 4) is 0 Å². The number of nitrogens with one attached hydrogen (secondary N) is 1. The number of piperidine rings is 1. The molecular formula is C23H40N4O3. The number of ether oxygens (including phenoxy) is 2. The molecule has 1 aromatic heterocycles. The van der Waals surface area contributed by atoms with E-state index in [2.05, 4.69) is 40.0 Å². The van der Waals surface area contributed by atoms with Gasteiger partial charge in [-0.3, -0.25) is 9.89 Å².